The van der Waals surface area contributed by atoms with Gasteiger partial charge in [-0.2, -0.15) is 0 Å². The molecule has 0 spiro atoms. The summed E-state index contributed by atoms with van der Waals surface area (Å²) < 4.78 is 0. The third-order valence-corrected chi connectivity index (χ3v) is 3.23. The van der Waals surface area contributed by atoms with E-state index in [-0.39, 0.29) is 13.0 Å². The van der Waals surface area contributed by atoms with Crippen molar-refractivity contribution in [3.8, 4) is 0 Å². The fraction of sp³-hybridized carbons (Fsp3) is 0.500. The van der Waals surface area contributed by atoms with Gasteiger partial charge in [-0.15, -0.1) is 11.3 Å². The molecule has 0 aliphatic rings. The molecule has 2 amide bonds. The van der Waals surface area contributed by atoms with Crippen LogP contribution in [-0.4, -0.2) is 39.8 Å². The first-order valence-electron chi connectivity index (χ1n) is 5.30. The molecule has 7 nitrogen and oxygen atoms in total. The molecule has 100 valence electrons. The van der Waals surface area contributed by atoms with Crippen molar-refractivity contribution in [1.29, 1.82) is 0 Å². The minimum absolute atomic E-state index is 0.0430. The Morgan fingerprint density at radius 1 is 1.44 bits per heavy atom. The van der Waals surface area contributed by atoms with Crippen LogP contribution in [0, 0.1) is 13.8 Å². The number of aromatic nitrogens is 1. The number of carboxylic acids is 1. The van der Waals surface area contributed by atoms with E-state index in [0.717, 1.165) is 10.6 Å². The summed E-state index contributed by atoms with van der Waals surface area (Å²) in [4.78, 5) is 26.9. The zero-order valence-electron chi connectivity index (χ0n) is 10.1. The Labute approximate surface area is 108 Å². The molecule has 1 aromatic heterocycles. The van der Waals surface area contributed by atoms with Crippen molar-refractivity contribution in [3.05, 3.63) is 10.6 Å². The second-order valence-corrected chi connectivity index (χ2v) is 4.89. The lowest BCUT2D eigenvalue weighted by Gasteiger charge is -2.07. The Bertz CT molecular complexity index is 427. The monoisotopic (exact) mass is 273 g/mol. The predicted octanol–water partition coefficient (Wildman–Crippen LogP) is 0.717. The maximum absolute atomic E-state index is 11.4. The molecule has 0 aliphatic heterocycles. The van der Waals surface area contributed by atoms with Crippen LogP contribution in [0.25, 0.3) is 0 Å². The highest BCUT2D eigenvalue weighted by Gasteiger charge is 2.13. The summed E-state index contributed by atoms with van der Waals surface area (Å²) in [6.07, 6.45) is -1.51. The molecular formula is C10H15N3O4S. The van der Waals surface area contributed by atoms with E-state index >= 15 is 0 Å². The van der Waals surface area contributed by atoms with Gasteiger partial charge in [0.15, 0.2) is 11.2 Å². The van der Waals surface area contributed by atoms with Crippen molar-refractivity contribution in [1.82, 2.24) is 10.3 Å². The summed E-state index contributed by atoms with van der Waals surface area (Å²) in [5.41, 5.74) is 0.858. The molecule has 0 radical (unpaired) electrons. The maximum Gasteiger partial charge on any atom is 0.332 e. The number of thiazole rings is 1. The van der Waals surface area contributed by atoms with Gasteiger partial charge in [0.2, 0.25) is 0 Å². The average Bonchev–Trinajstić information content (AvgIpc) is 2.57. The van der Waals surface area contributed by atoms with Crippen molar-refractivity contribution < 1.29 is 19.8 Å². The van der Waals surface area contributed by atoms with Crippen LogP contribution in [0.1, 0.15) is 17.0 Å². The van der Waals surface area contributed by atoms with Crippen LogP contribution >= 0.6 is 11.3 Å². The SMILES string of the molecule is Cc1nc(NC(=O)NCC[C@H](O)C(=O)O)sc1C. The molecule has 0 aromatic carbocycles. The molecule has 0 aliphatic carbocycles. The largest absolute Gasteiger partial charge is 0.479 e. The second-order valence-electron chi connectivity index (χ2n) is 3.68. The van der Waals surface area contributed by atoms with Crippen molar-refractivity contribution in [2.24, 2.45) is 0 Å². The number of hydrogen-bond donors (Lipinski definition) is 4. The summed E-state index contributed by atoms with van der Waals surface area (Å²) in [6, 6.07) is -0.471. The first kappa shape index (κ1) is 14.4. The quantitative estimate of drug-likeness (QED) is 0.631. The molecule has 0 fully saturated rings. The number of anilines is 1. The average molecular weight is 273 g/mol. The summed E-state index contributed by atoms with van der Waals surface area (Å²) in [5, 5.41) is 22.9. The van der Waals surface area contributed by atoms with E-state index in [2.05, 4.69) is 15.6 Å². The number of aryl methyl sites for hydroxylation is 2. The standard InChI is InChI=1S/C10H15N3O4S/c1-5-6(2)18-10(12-5)13-9(17)11-4-3-7(14)8(15)16/h7,14H,3-4H2,1-2H3,(H,15,16)(H2,11,12,13,17)/t7-/m0/s1. The molecule has 1 aromatic rings. The van der Waals surface area contributed by atoms with Crippen molar-refractivity contribution in [2.75, 3.05) is 11.9 Å². The molecular weight excluding hydrogens is 258 g/mol. The van der Waals surface area contributed by atoms with Crippen molar-refractivity contribution in [2.45, 2.75) is 26.4 Å². The van der Waals surface area contributed by atoms with E-state index in [9.17, 15) is 9.59 Å². The van der Waals surface area contributed by atoms with Gasteiger partial charge >= 0.3 is 12.0 Å². The molecule has 4 N–H and O–H groups in total. The van der Waals surface area contributed by atoms with Gasteiger partial charge in [-0.3, -0.25) is 5.32 Å². The molecule has 1 atom stereocenters. The van der Waals surface area contributed by atoms with Crippen molar-refractivity contribution >= 4 is 28.5 Å². The molecule has 18 heavy (non-hydrogen) atoms. The van der Waals surface area contributed by atoms with Gasteiger partial charge in [-0.1, -0.05) is 0 Å². The maximum atomic E-state index is 11.4. The summed E-state index contributed by atoms with van der Waals surface area (Å²) in [5.74, 6) is -1.30. The lowest BCUT2D eigenvalue weighted by molar-refractivity contribution is -0.146. The van der Waals surface area contributed by atoms with E-state index in [4.69, 9.17) is 10.2 Å². The number of urea groups is 1. The van der Waals surface area contributed by atoms with Gasteiger partial charge in [-0.25, -0.2) is 14.6 Å². The first-order valence-corrected chi connectivity index (χ1v) is 6.11. The number of amides is 2. The van der Waals surface area contributed by atoms with Crippen LogP contribution in [-0.2, 0) is 4.79 Å². The number of nitrogens with one attached hydrogen (secondary N) is 2. The van der Waals surface area contributed by atoms with E-state index in [1.807, 2.05) is 13.8 Å². The highest BCUT2D eigenvalue weighted by atomic mass is 32.1. The summed E-state index contributed by atoms with van der Waals surface area (Å²) in [7, 11) is 0. The Morgan fingerprint density at radius 3 is 2.61 bits per heavy atom. The van der Waals surface area contributed by atoms with Gasteiger partial charge in [0.25, 0.3) is 0 Å². The van der Waals surface area contributed by atoms with Gasteiger partial charge in [-0.05, 0) is 13.8 Å². The molecule has 0 saturated carbocycles. The lowest BCUT2D eigenvalue weighted by Crippen LogP contribution is -2.33. The third kappa shape index (κ3) is 4.30. The topological polar surface area (TPSA) is 112 Å². The minimum Gasteiger partial charge on any atom is -0.479 e. The van der Waals surface area contributed by atoms with Gasteiger partial charge in [0.1, 0.15) is 0 Å². The van der Waals surface area contributed by atoms with Gasteiger partial charge in [0.05, 0.1) is 5.69 Å². The van der Waals surface area contributed by atoms with E-state index in [0.29, 0.717) is 5.13 Å². The zero-order valence-corrected chi connectivity index (χ0v) is 10.9. The minimum atomic E-state index is -1.46. The molecule has 1 rings (SSSR count). The normalized spacial score (nSPS) is 11.9. The van der Waals surface area contributed by atoms with Crippen molar-refractivity contribution in [3.63, 3.8) is 0 Å². The summed E-state index contributed by atoms with van der Waals surface area (Å²) >= 11 is 1.36. The van der Waals surface area contributed by atoms with Gasteiger partial charge in [0, 0.05) is 17.8 Å². The third-order valence-electron chi connectivity index (χ3n) is 2.24. The molecule has 0 saturated heterocycles. The number of hydrogen-bond acceptors (Lipinski definition) is 5. The fourth-order valence-electron chi connectivity index (χ4n) is 1.11. The Hall–Kier alpha value is -1.67. The second kappa shape index (κ2) is 6.31. The van der Waals surface area contributed by atoms with E-state index in [1.165, 1.54) is 11.3 Å². The predicted molar refractivity (Wildman–Crippen MR) is 66.9 cm³/mol. The van der Waals surface area contributed by atoms with Crippen LogP contribution in [0.4, 0.5) is 9.93 Å². The molecule has 0 unspecified atom stereocenters. The number of carbonyl (C=O) groups is 2. The number of rotatable bonds is 5. The fourth-order valence-corrected chi connectivity index (χ4v) is 1.92. The zero-order chi connectivity index (χ0) is 13.7. The Kier molecular flexibility index (Phi) is 5.05. The van der Waals surface area contributed by atoms with Crippen LogP contribution in [0.2, 0.25) is 0 Å². The lowest BCUT2D eigenvalue weighted by atomic mass is 10.2. The number of nitrogens with zero attached hydrogens (tertiary/aromatic N) is 1. The molecule has 8 heteroatoms. The molecule has 0 bridgehead atoms. The summed E-state index contributed by atoms with van der Waals surface area (Å²) in [6.45, 7) is 3.82. The highest BCUT2D eigenvalue weighted by molar-refractivity contribution is 7.15. The Balaban J connectivity index is 2.32. The number of carbonyl (C=O) groups excluding carboxylic acids is 1. The molecule has 1 heterocycles. The number of aliphatic hydroxyl groups is 1. The van der Waals surface area contributed by atoms with E-state index in [1.54, 1.807) is 0 Å². The van der Waals surface area contributed by atoms with Crippen LogP contribution in [0.5, 0.6) is 0 Å². The van der Waals surface area contributed by atoms with Crippen LogP contribution < -0.4 is 10.6 Å². The number of aliphatic hydroxyl groups excluding tert-OH is 1. The first-order chi connectivity index (χ1) is 8.40. The smallest absolute Gasteiger partial charge is 0.332 e. The van der Waals surface area contributed by atoms with Gasteiger partial charge < -0.3 is 15.5 Å². The van der Waals surface area contributed by atoms with Crippen LogP contribution in [0.3, 0.4) is 0 Å². The number of aliphatic carboxylic acids is 1. The van der Waals surface area contributed by atoms with E-state index < -0.39 is 18.1 Å². The Morgan fingerprint density at radius 2 is 2.11 bits per heavy atom. The highest BCUT2D eigenvalue weighted by Crippen LogP contribution is 2.20. The number of carboxylic acid groups (broad SMARTS) is 1. The van der Waals surface area contributed by atoms with Crippen LogP contribution in [0.15, 0.2) is 0 Å².